The summed E-state index contributed by atoms with van der Waals surface area (Å²) in [6, 6.07) is 9.44. The number of carbonyl (C=O) groups excluding carboxylic acids is 2. The zero-order valence-electron chi connectivity index (χ0n) is 19.1. The molecule has 1 saturated heterocycles. The highest BCUT2D eigenvalue weighted by atomic mass is 35.5. The second kappa shape index (κ2) is 10.5. The van der Waals surface area contributed by atoms with Crippen LogP contribution in [0.4, 0.5) is 26.4 Å². The van der Waals surface area contributed by atoms with Gasteiger partial charge in [0, 0.05) is 12.1 Å². The third kappa shape index (κ3) is 6.07. The monoisotopic (exact) mass is 533 g/mol. The normalized spacial score (nSPS) is 15.9. The fourth-order valence-electron chi connectivity index (χ4n) is 3.86. The van der Waals surface area contributed by atoms with E-state index in [2.05, 4.69) is 25.3 Å². The van der Waals surface area contributed by atoms with Crippen molar-refractivity contribution >= 4 is 39.2 Å². The van der Waals surface area contributed by atoms with Gasteiger partial charge in [0.2, 0.25) is 15.9 Å². The molecule has 3 amide bonds. The Morgan fingerprint density at radius 2 is 1.94 bits per heavy atom. The van der Waals surface area contributed by atoms with E-state index in [9.17, 15) is 18.0 Å². The molecule has 1 fully saturated rings. The first-order chi connectivity index (χ1) is 17.1. The second-order valence-electron chi connectivity index (χ2n) is 8.11. The molecular formula is C23H23ClFN6O4S+. The number of anilines is 3. The van der Waals surface area contributed by atoms with Crippen molar-refractivity contribution in [3.05, 3.63) is 65.8 Å². The summed E-state index contributed by atoms with van der Waals surface area (Å²) in [6.45, 7) is 0.285. The van der Waals surface area contributed by atoms with Crippen LogP contribution in [-0.4, -0.2) is 49.2 Å². The lowest BCUT2D eigenvalue weighted by Gasteiger charge is -2.33. The lowest BCUT2D eigenvalue weighted by Crippen LogP contribution is -2.53. The number of hydrogen-bond donors (Lipinski definition) is 3. The standard InChI is InChI=1S/C23H22ClFN6O4S/c1-36(34,35)30-17-6-3-2-5-15(17)14-8-9-19(16(25)11-14)31-10-4-7-18(22(31)32)28-23(33)29-21-13-26-20(24)12-27-21/h2-3,5-6,8-9,11-13,18,24,30H,4,7,10H2,1H3,(H-,27,28,29,33)/p+1/t18-/m1/s1. The highest BCUT2D eigenvalue weighted by molar-refractivity contribution is 7.92. The van der Waals surface area contributed by atoms with Gasteiger partial charge in [0.05, 0.1) is 23.8 Å². The summed E-state index contributed by atoms with van der Waals surface area (Å²) in [5.74, 6) is -0.929. The molecule has 0 saturated carbocycles. The molecule has 1 aromatic heterocycles. The van der Waals surface area contributed by atoms with Crippen LogP contribution >= 0.6 is 0 Å². The average Bonchev–Trinajstić information content (AvgIpc) is 2.81. The van der Waals surface area contributed by atoms with E-state index in [-0.39, 0.29) is 23.2 Å². The summed E-state index contributed by atoms with van der Waals surface area (Å²) in [5.41, 5.74) is 1.30. The molecule has 36 heavy (non-hydrogen) atoms. The highest BCUT2D eigenvalue weighted by Crippen LogP contribution is 2.33. The summed E-state index contributed by atoms with van der Waals surface area (Å²) in [7, 11) is -3.54. The molecule has 188 valence electrons. The molecule has 3 N–H and O–H groups in total. The van der Waals surface area contributed by atoms with Gasteiger partial charge in [-0.2, -0.15) is 4.98 Å². The van der Waals surface area contributed by atoms with Crippen LogP contribution in [0.5, 0.6) is 0 Å². The van der Waals surface area contributed by atoms with Crippen LogP contribution in [0, 0.1) is 17.4 Å². The van der Waals surface area contributed by atoms with Crippen molar-refractivity contribution in [3.63, 3.8) is 0 Å². The SMILES string of the molecule is CS(=O)(=O)Nc1ccccc1-c1ccc(N2CCC[C@@H](NC(=O)Nc3cnc([ClH+])cn3)C2=O)c(F)c1. The summed E-state index contributed by atoms with van der Waals surface area (Å²) in [4.78, 5) is 34.5. The number of nitrogens with zero attached hydrogens (tertiary/aromatic N) is 3. The molecule has 2 heterocycles. The predicted octanol–water partition coefficient (Wildman–Crippen LogP) is 2.67. The second-order valence-corrected chi connectivity index (χ2v) is 10.3. The molecule has 1 aliphatic heterocycles. The molecule has 1 aliphatic rings. The number of halogens is 2. The van der Waals surface area contributed by atoms with Crippen LogP contribution in [0.3, 0.4) is 0 Å². The first-order valence-corrected chi connectivity index (χ1v) is 13.2. The minimum atomic E-state index is -3.54. The average molecular weight is 534 g/mol. The molecule has 3 aromatic rings. The van der Waals surface area contributed by atoms with Crippen molar-refractivity contribution in [2.45, 2.75) is 18.9 Å². The van der Waals surface area contributed by atoms with E-state index < -0.39 is 33.8 Å². The van der Waals surface area contributed by atoms with Gasteiger partial charge in [0.25, 0.3) is 0 Å². The van der Waals surface area contributed by atoms with Gasteiger partial charge in [-0.15, -0.1) is 0 Å². The van der Waals surface area contributed by atoms with Crippen molar-refractivity contribution in [3.8, 4) is 11.1 Å². The molecule has 0 spiro atoms. The fourth-order valence-corrected chi connectivity index (χ4v) is 4.54. The summed E-state index contributed by atoms with van der Waals surface area (Å²) in [6.07, 6.45) is 4.59. The summed E-state index contributed by atoms with van der Waals surface area (Å²) >= 11 is 4.85. The van der Waals surface area contributed by atoms with Gasteiger partial charge in [-0.3, -0.25) is 14.8 Å². The Bertz CT molecular complexity index is 1400. The lowest BCUT2D eigenvalue weighted by molar-refractivity contribution is -0.296. The molecule has 0 unspecified atom stereocenters. The predicted molar refractivity (Wildman–Crippen MR) is 130 cm³/mol. The molecule has 0 aliphatic carbocycles. The number of sulfonamides is 1. The fraction of sp³-hybridized carbons (Fsp3) is 0.217. The Morgan fingerprint density at radius 3 is 2.64 bits per heavy atom. The van der Waals surface area contributed by atoms with Gasteiger partial charge in [-0.25, -0.2) is 22.6 Å². The van der Waals surface area contributed by atoms with Crippen molar-refractivity contribution in [2.75, 3.05) is 27.7 Å². The quantitative estimate of drug-likeness (QED) is 0.446. The molecule has 4 rings (SSSR count). The molecule has 0 radical (unpaired) electrons. The van der Waals surface area contributed by atoms with Gasteiger partial charge in [-0.1, -0.05) is 24.3 Å². The smallest absolute Gasteiger partial charge is 0.326 e. The number of nitrogens with one attached hydrogen (secondary N) is 3. The maximum Gasteiger partial charge on any atom is 0.336 e. The molecular weight excluding hydrogens is 511 g/mol. The van der Waals surface area contributed by atoms with Gasteiger partial charge >= 0.3 is 11.2 Å². The zero-order valence-corrected chi connectivity index (χ0v) is 20.7. The van der Waals surface area contributed by atoms with Crippen molar-refractivity contribution < 1.29 is 34.0 Å². The van der Waals surface area contributed by atoms with Crippen molar-refractivity contribution in [1.29, 1.82) is 0 Å². The maximum atomic E-state index is 15.2. The number of hydrogen-bond acceptors (Lipinski definition) is 6. The van der Waals surface area contributed by atoms with E-state index in [0.717, 1.165) is 6.26 Å². The topological polar surface area (TPSA) is 133 Å². The number of carbonyl (C=O) groups is 2. The zero-order chi connectivity index (χ0) is 25.9. The number of rotatable bonds is 6. The summed E-state index contributed by atoms with van der Waals surface area (Å²) < 4.78 is 41.0. The van der Waals surface area contributed by atoms with Crippen LogP contribution in [0.1, 0.15) is 12.8 Å². The third-order valence-electron chi connectivity index (χ3n) is 5.39. The lowest BCUT2D eigenvalue weighted by atomic mass is 10.0. The molecule has 10 nitrogen and oxygen atoms in total. The molecule has 0 bridgehead atoms. The van der Waals surface area contributed by atoms with Crippen molar-refractivity contribution in [1.82, 2.24) is 15.3 Å². The highest BCUT2D eigenvalue weighted by Gasteiger charge is 2.32. The number of piperidine rings is 1. The Hall–Kier alpha value is -3.77. The first-order valence-electron chi connectivity index (χ1n) is 10.9. The van der Waals surface area contributed by atoms with E-state index >= 15 is 4.39 Å². The maximum absolute atomic E-state index is 15.2. The van der Waals surface area contributed by atoms with E-state index in [1.165, 1.54) is 29.4 Å². The van der Waals surface area contributed by atoms with Gasteiger partial charge in [0.15, 0.2) is 17.4 Å². The largest absolute Gasteiger partial charge is 0.336 e. The number of amides is 3. The number of para-hydroxylation sites is 1. The molecule has 13 heteroatoms. The van der Waals surface area contributed by atoms with E-state index in [1.54, 1.807) is 30.3 Å². The Kier molecular flexibility index (Phi) is 7.36. The first kappa shape index (κ1) is 25.3. The minimum Gasteiger partial charge on any atom is -0.326 e. The van der Waals surface area contributed by atoms with Crippen LogP contribution in [0.25, 0.3) is 11.1 Å². The third-order valence-corrected chi connectivity index (χ3v) is 6.19. The number of aromatic nitrogens is 2. The number of benzene rings is 2. The van der Waals surface area contributed by atoms with Crippen LogP contribution in [-0.2, 0) is 14.8 Å². The molecule has 1 atom stereocenters. The summed E-state index contributed by atoms with van der Waals surface area (Å²) in [5, 5.41) is 5.36. The Balaban J connectivity index is 1.50. The van der Waals surface area contributed by atoms with E-state index in [4.69, 9.17) is 11.6 Å². The molecule has 2 aromatic carbocycles. The Labute approximate surface area is 211 Å². The van der Waals surface area contributed by atoms with E-state index in [1.807, 2.05) is 0 Å². The number of urea groups is 1. The minimum absolute atomic E-state index is 0.0658. The van der Waals surface area contributed by atoms with Gasteiger partial charge < -0.3 is 10.2 Å². The van der Waals surface area contributed by atoms with Crippen LogP contribution < -0.4 is 20.3 Å². The van der Waals surface area contributed by atoms with Crippen LogP contribution in [0.15, 0.2) is 54.9 Å². The van der Waals surface area contributed by atoms with Gasteiger partial charge in [0.1, 0.15) is 18.1 Å². The Morgan fingerprint density at radius 1 is 1.17 bits per heavy atom. The van der Waals surface area contributed by atoms with Crippen LogP contribution in [0.2, 0.25) is 5.15 Å². The van der Waals surface area contributed by atoms with E-state index in [0.29, 0.717) is 29.7 Å². The van der Waals surface area contributed by atoms with Crippen molar-refractivity contribution in [2.24, 2.45) is 0 Å². The van der Waals surface area contributed by atoms with Gasteiger partial charge in [-0.05, 0) is 36.6 Å².